The molecule has 3 aliphatic heterocycles. The van der Waals surface area contributed by atoms with Gasteiger partial charge in [-0.3, -0.25) is 14.4 Å². The first-order valence-electron chi connectivity index (χ1n) is 12.0. The number of esters is 1. The van der Waals surface area contributed by atoms with Crippen LogP contribution in [0.15, 0.2) is 30.9 Å². The fourth-order valence-electron chi connectivity index (χ4n) is 6.01. The Morgan fingerprint density at radius 1 is 1.43 bits per heavy atom. The normalized spacial score (nSPS) is 31.9. The van der Waals surface area contributed by atoms with Crippen molar-refractivity contribution in [2.24, 2.45) is 11.8 Å². The predicted octanol–water partition coefficient (Wildman–Crippen LogP) is 2.51. The Hall–Kier alpha value is -2.23. The minimum Gasteiger partial charge on any atom is -0.466 e. The number of benzene rings is 1. The fraction of sp³-hybridized carbons (Fsp3) is 0.577. The van der Waals surface area contributed by atoms with Crippen LogP contribution in [0.4, 0.5) is 5.69 Å². The summed E-state index contributed by atoms with van der Waals surface area (Å²) in [4.78, 5) is 44.1. The average molecular weight is 549 g/mol. The van der Waals surface area contributed by atoms with Crippen molar-refractivity contribution >= 4 is 39.4 Å². The van der Waals surface area contributed by atoms with E-state index in [9.17, 15) is 19.5 Å². The summed E-state index contributed by atoms with van der Waals surface area (Å²) in [5, 5.41) is 10.0. The largest absolute Gasteiger partial charge is 0.466 e. The van der Waals surface area contributed by atoms with Crippen molar-refractivity contribution in [3.8, 4) is 0 Å². The summed E-state index contributed by atoms with van der Waals surface area (Å²) >= 11 is 3.64. The van der Waals surface area contributed by atoms with E-state index in [4.69, 9.17) is 9.47 Å². The zero-order valence-electron chi connectivity index (χ0n) is 20.6. The van der Waals surface area contributed by atoms with Crippen LogP contribution in [0, 0.1) is 25.7 Å². The molecule has 4 rings (SSSR count). The van der Waals surface area contributed by atoms with Gasteiger partial charge < -0.3 is 24.4 Å². The first-order chi connectivity index (χ1) is 16.6. The summed E-state index contributed by atoms with van der Waals surface area (Å²) in [6.45, 7) is 11.2. The van der Waals surface area contributed by atoms with Crippen LogP contribution >= 0.6 is 15.9 Å². The van der Waals surface area contributed by atoms with Gasteiger partial charge in [0.1, 0.15) is 11.6 Å². The van der Waals surface area contributed by atoms with Crippen molar-refractivity contribution in [3.05, 3.63) is 42.0 Å². The van der Waals surface area contributed by atoms with Crippen LogP contribution in [0.5, 0.6) is 0 Å². The molecule has 190 valence electrons. The number of carbonyl (C=O) groups excluding carboxylic acids is 3. The zero-order valence-corrected chi connectivity index (χ0v) is 22.2. The summed E-state index contributed by atoms with van der Waals surface area (Å²) in [6.07, 6.45) is 1.47. The molecule has 1 unspecified atom stereocenters. The number of halogens is 1. The van der Waals surface area contributed by atoms with Gasteiger partial charge in [-0.1, -0.05) is 34.1 Å². The number of hydrogen-bond acceptors (Lipinski definition) is 6. The summed E-state index contributed by atoms with van der Waals surface area (Å²) in [5.74, 6) is -2.85. The molecule has 1 aromatic rings. The molecule has 0 aromatic heterocycles. The van der Waals surface area contributed by atoms with Crippen molar-refractivity contribution in [2.75, 3.05) is 24.7 Å². The summed E-state index contributed by atoms with van der Waals surface area (Å²) in [7, 11) is 0. The molecule has 1 spiro atoms. The summed E-state index contributed by atoms with van der Waals surface area (Å²) < 4.78 is 11.8. The molecule has 7 atom stereocenters. The molecule has 1 aromatic carbocycles. The Labute approximate surface area is 214 Å². The monoisotopic (exact) mass is 548 g/mol. The lowest BCUT2D eigenvalue weighted by atomic mass is 9.70. The van der Waals surface area contributed by atoms with Crippen molar-refractivity contribution < 1.29 is 29.0 Å². The van der Waals surface area contributed by atoms with Crippen LogP contribution in [0.25, 0.3) is 0 Å². The molecule has 35 heavy (non-hydrogen) atoms. The van der Waals surface area contributed by atoms with Crippen LogP contribution < -0.4 is 4.90 Å². The van der Waals surface area contributed by atoms with E-state index < -0.39 is 41.6 Å². The standard InChI is InChI=1S/C26H33BrN2O6/c1-6-10-28(18-11-14(3)8-9-15(18)4)24(32)22-26-12-17(27)21(35-26)19(25(33)34-7-2)20(26)23(31)29(22)16(5)13-30/h6,8-9,11,16-17,19-22,30H,1,7,10,12-13H2,2-5H3/t16-,17?,19+,20-,21+,22+,26-/m1/s1. The second-order valence-corrected chi connectivity index (χ2v) is 10.9. The summed E-state index contributed by atoms with van der Waals surface area (Å²) in [6, 6.07) is 4.21. The van der Waals surface area contributed by atoms with Crippen LogP contribution in [0.2, 0.25) is 0 Å². The lowest BCUT2D eigenvalue weighted by molar-refractivity contribution is -0.155. The van der Waals surface area contributed by atoms with Gasteiger partial charge in [-0.2, -0.15) is 0 Å². The van der Waals surface area contributed by atoms with E-state index in [2.05, 4.69) is 22.5 Å². The Kier molecular flexibility index (Phi) is 7.14. The Balaban J connectivity index is 1.84. The maximum absolute atomic E-state index is 14.4. The average Bonchev–Trinajstić information content (AvgIpc) is 3.42. The number of aliphatic hydroxyl groups excluding tert-OH is 1. The van der Waals surface area contributed by atoms with Gasteiger partial charge in [0.15, 0.2) is 0 Å². The zero-order chi connectivity index (χ0) is 25.7. The van der Waals surface area contributed by atoms with Gasteiger partial charge in [0.2, 0.25) is 5.91 Å². The maximum Gasteiger partial charge on any atom is 0.312 e. The highest BCUT2D eigenvalue weighted by Gasteiger charge is 2.77. The van der Waals surface area contributed by atoms with Gasteiger partial charge in [-0.15, -0.1) is 6.58 Å². The molecule has 3 fully saturated rings. The van der Waals surface area contributed by atoms with E-state index in [-0.39, 0.29) is 36.4 Å². The van der Waals surface area contributed by atoms with Gasteiger partial charge >= 0.3 is 5.97 Å². The molecule has 3 saturated heterocycles. The Morgan fingerprint density at radius 2 is 2.14 bits per heavy atom. The lowest BCUT2D eigenvalue weighted by Crippen LogP contribution is -2.59. The SMILES string of the molecule is C=CCN(C(=O)[C@@H]1N([C@H](C)CO)C(=O)[C@H]2[C@H](C(=O)OCC)[C@H]3O[C@@]12CC3Br)c1cc(C)ccc1C. The highest BCUT2D eigenvalue weighted by molar-refractivity contribution is 9.09. The van der Waals surface area contributed by atoms with Crippen LogP contribution in [-0.4, -0.2) is 76.2 Å². The molecular formula is C26H33BrN2O6. The molecular weight excluding hydrogens is 516 g/mol. The van der Waals surface area contributed by atoms with E-state index >= 15 is 0 Å². The molecule has 1 N–H and O–H groups in total. The molecule has 2 amide bonds. The van der Waals surface area contributed by atoms with Crippen LogP contribution in [0.3, 0.4) is 0 Å². The minimum absolute atomic E-state index is 0.182. The van der Waals surface area contributed by atoms with Gasteiger partial charge in [-0.25, -0.2) is 0 Å². The van der Waals surface area contributed by atoms with Gasteiger partial charge in [0.05, 0.1) is 37.2 Å². The van der Waals surface area contributed by atoms with Crippen molar-refractivity contribution in [1.29, 1.82) is 0 Å². The van der Waals surface area contributed by atoms with E-state index in [0.717, 1.165) is 16.8 Å². The smallest absolute Gasteiger partial charge is 0.312 e. The Bertz CT molecular complexity index is 1050. The third-order valence-electron chi connectivity index (χ3n) is 7.49. The van der Waals surface area contributed by atoms with Gasteiger partial charge in [-0.05, 0) is 51.3 Å². The van der Waals surface area contributed by atoms with Crippen LogP contribution in [0.1, 0.15) is 31.4 Å². The molecule has 3 aliphatic rings. The first-order valence-corrected chi connectivity index (χ1v) is 13.0. The maximum atomic E-state index is 14.4. The molecule has 3 heterocycles. The second kappa shape index (κ2) is 9.67. The number of anilines is 1. The molecule has 8 nitrogen and oxygen atoms in total. The third kappa shape index (κ3) is 3.92. The highest BCUT2D eigenvalue weighted by Crippen LogP contribution is 2.60. The first kappa shape index (κ1) is 25.9. The highest BCUT2D eigenvalue weighted by atomic mass is 79.9. The van der Waals surface area contributed by atoms with Crippen molar-refractivity contribution in [1.82, 2.24) is 4.90 Å². The fourth-order valence-corrected chi connectivity index (χ4v) is 6.95. The number of nitrogens with zero attached hydrogens (tertiary/aromatic N) is 2. The number of aliphatic hydroxyl groups is 1. The number of rotatable bonds is 8. The number of likely N-dealkylation sites (tertiary alicyclic amines) is 1. The number of aryl methyl sites for hydroxylation is 2. The number of ether oxygens (including phenoxy) is 2. The number of amides is 2. The molecule has 9 heteroatoms. The van der Waals surface area contributed by atoms with Gasteiger partial charge in [0.25, 0.3) is 5.91 Å². The van der Waals surface area contributed by atoms with E-state index in [1.54, 1.807) is 24.8 Å². The number of carbonyl (C=O) groups is 3. The van der Waals surface area contributed by atoms with E-state index in [1.165, 1.54) is 4.90 Å². The van der Waals surface area contributed by atoms with E-state index in [0.29, 0.717) is 6.42 Å². The third-order valence-corrected chi connectivity index (χ3v) is 8.34. The number of hydrogen-bond donors (Lipinski definition) is 1. The predicted molar refractivity (Wildman–Crippen MR) is 134 cm³/mol. The second-order valence-electron chi connectivity index (χ2n) is 9.72. The van der Waals surface area contributed by atoms with Crippen molar-refractivity contribution in [3.63, 3.8) is 0 Å². The topological polar surface area (TPSA) is 96.4 Å². The molecule has 2 bridgehead atoms. The lowest BCUT2D eigenvalue weighted by Gasteiger charge is -2.39. The number of alkyl halides is 1. The van der Waals surface area contributed by atoms with Crippen molar-refractivity contribution in [2.45, 2.75) is 62.7 Å². The molecule has 0 saturated carbocycles. The molecule has 0 aliphatic carbocycles. The summed E-state index contributed by atoms with van der Waals surface area (Å²) in [5.41, 5.74) is 1.42. The Morgan fingerprint density at radius 3 is 2.77 bits per heavy atom. The van der Waals surface area contributed by atoms with E-state index in [1.807, 2.05) is 32.0 Å². The quantitative estimate of drug-likeness (QED) is 0.304. The number of fused-ring (bicyclic) bond motifs is 1. The van der Waals surface area contributed by atoms with Crippen LogP contribution in [-0.2, 0) is 23.9 Å². The van der Waals surface area contributed by atoms with Gasteiger partial charge in [0, 0.05) is 17.1 Å². The minimum atomic E-state index is -1.20. The molecule has 0 radical (unpaired) electrons.